The molecule has 9 nitrogen and oxygen atoms in total. The summed E-state index contributed by atoms with van der Waals surface area (Å²) >= 11 is 19.5. The molecule has 208 valence electrons. The van der Waals surface area contributed by atoms with E-state index in [0.29, 0.717) is 57.7 Å². The van der Waals surface area contributed by atoms with Crippen LogP contribution in [0.3, 0.4) is 0 Å². The molecule has 0 aliphatic carbocycles. The molecule has 0 spiro atoms. The second-order valence-corrected chi connectivity index (χ2v) is 12.9. The number of anilines is 1. The predicted molar refractivity (Wildman–Crippen MR) is 152 cm³/mol. The zero-order valence-corrected chi connectivity index (χ0v) is 24.1. The lowest BCUT2D eigenvalue weighted by molar-refractivity contribution is -0.139. The highest BCUT2D eigenvalue weighted by Crippen LogP contribution is 2.46. The number of hydrogen-bond donors (Lipinski definition) is 3. The number of aromatic carboxylic acids is 1. The van der Waals surface area contributed by atoms with Gasteiger partial charge in [-0.3, -0.25) is 4.31 Å². The van der Waals surface area contributed by atoms with E-state index in [4.69, 9.17) is 44.6 Å². The molecule has 3 aromatic rings. The highest BCUT2D eigenvalue weighted by atomic mass is 35.5. The highest BCUT2D eigenvalue weighted by Gasteiger charge is 2.32. The third-order valence-electron chi connectivity index (χ3n) is 5.92. The molecule has 0 radical (unpaired) electrons. The van der Waals surface area contributed by atoms with Crippen molar-refractivity contribution in [1.29, 1.82) is 0 Å². The largest absolute Gasteiger partial charge is 0.479 e. The summed E-state index contributed by atoms with van der Waals surface area (Å²) in [5.74, 6) is -3.21. The number of aliphatic carboxylic acids is 1. The van der Waals surface area contributed by atoms with E-state index >= 15 is 0 Å². The van der Waals surface area contributed by atoms with Gasteiger partial charge in [0.05, 0.1) is 16.3 Å². The van der Waals surface area contributed by atoms with Crippen LogP contribution >= 0.6 is 46.1 Å². The van der Waals surface area contributed by atoms with Crippen molar-refractivity contribution >= 4 is 73.8 Å². The van der Waals surface area contributed by atoms with Crippen LogP contribution in [0.1, 0.15) is 28.1 Å². The zero-order valence-electron chi connectivity index (χ0n) is 20.2. The van der Waals surface area contributed by atoms with E-state index in [0.717, 1.165) is 11.3 Å². The number of carboxylic acid groups (broad SMARTS) is 2. The molecule has 39 heavy (non-hydrogen) atoms. The molecule has 1 fully saturated rings. The number of halogens is 3. The quantitative estimate of drug-likeness (QED) is 0.262. The molecule has 0 atom stereocenters. The van der Waals surface area contributed by atoms with Gasteiger partial charge in [-0.2, -0.15) is 0 Å². The molecule has 1 aromatic heterocycles. The number of thiophene rings is 1. The molecular formula is C25H23Cl3N2O7S2. The molecule has 1 saturated heterocycles. The SMILES string of the molecule is O=C(O)COc1c(C(=O)O)sc(-c2cccc(N(C3CCNCC3)S(=O)(=O)Cc3cc(Cl)cc(Cl)c3)c2)c1Cl. The van der Waals surface area contributed by atoms with E-state index in [1.807, 2.05) is 0 Å². The Morgan fingerprint density at radius 2 is 1.72 bits per heavy atom. The van der Waals surface area contributed by atoms with Crippen LogP contribution < -0.4 is 14.4 Å². The molecule has 3 N–H and O–H groups in total. The Labute approximate surface area is 243 Å². The molecule has 4 rings (SSSR count). The fourth-order valence-electron chi connectivity index (χ4n) is 4.38. The van der Waals surface area contributed by atoms with Gasteiger partial charge in [0.15, 0.2) is 17.2 Å². The first kappa shape index (κ1) is 29.4. The average molecular weight is 634 g/mol. The van der Waals surface area contributed by atoms with Crippen molar-refractivity contribution in [3.05, 3.63) is 68.0 Å². The number of carboxylic acids is 2. The summed E-state index contributed by atoms with van der Waals surface area (Å²) in [5, 5.41) is 22.4. The van der Waals surface area contributed by atoms with E-state index in [2.05, 4.69) is 5.32 Å². The van der Waals surface area contributed by atoms with Crippen molar-refractivity contribution in [1.82, 2.24) is 5.32 Å². The lowest BCUT2D eigenvalue weighted by Gasteiger charge is -2.35. The summed E-state index contributed by atoms with van der Waals surface area (Å²) in [6, 6.07) is 10.9. The minimum absolute atomic E-state index is 0.0688. The maximum Gasteiger partial charge on any atom is 0.349 e. The van der Waals surface area contributed by atoms with Gasteiger partial charge in [-0.15, -0.1) is 11.3 Å². The number of benzene rings is 2. The van der Waals surface area contributed by atoms with Crippen molar-refractivity contribution in [3.8, 4) is 16.2 Å². The van der Waals surface area contributed by atoms with Crippen LogP contribution in [-0.2, 0) is 20.6 Å². The molecule has 0 saturated carbocycles. The van der Waals surface area contributed by atoms with E-state index in [1.54, 1.807) is 36.4 Å². The van der Waals surface area contributed by atoms with Crippen molar-refractivity contribution in [2.75, 3.05) is 24.0 Å². The Morgan fingerprint density at radius 1 is 1.05 bits per heavy atom. The van der Waals surface area contributed by atoms with Crippen molar-refractivity contribution in [3.63, 3.8) is 0 Å². The summed E-state index contributed by atoms with van der Waals surface area (Å²) in [7, 11) is -3.93. The number of carbonyl (C=O) groups is 2. The number of piperidine rings is 1. The summed E-state index contributed by atoms with van der Waals surface area (Å²) in [6.07, 6.45) is 1.16. The molecule has 0 bridgehead atoms. The molecule has 1 aliphatic rings. The Morgan fingerprint density at radius 3 is 2.33 bits per heavy atom. The average Bonchev–Trinajstić information content (AvgIpc) is 3.19. The monoisotopic (exact) mass is 632 g/mol. The Balaban J connectivity index is 1.77. The van der Waals surface area contributed by atoms with Crippen LogP contribution in [-0.4, -0.2) is 56.3 Å². The van der Waals surface area contributed by atoms with Crippen LogP contribution in [0.2, 0.25) is 15.1 Å². The van der Waals surface area contributed by atoms with Gasteiger partial charge in [0.1, 0.15) is 5.02 Å². The number of sulfonamides is 1. The van der Waals surface area contributed by atoms with E-state index in [1.165, 1.54) is 10.4 Å². The van der Waals surface area contributed by atoms with Crippen LogP contribution in [0.5, 0.6) is 5.75 Å². The number of rotatable bonds is 10. The maximum absolute atomic E-state index is 13.9. The molecular weight excluding hydrogens is 611 g/mol. The van der Waals surface area contributed by atoms with Crippen LogP contribution in [0.25, 0.3) is 10.4 Å². The molecule has 14 heteroatoms. The zero-order chi connectivity index (χ0) is 28.3. The lowest BCUT2D eigenvalue weighted by atomic mass is 10.1. The van der Waals surface area contributed by atoms with Crippen molar-refractivity contribution in [2.24, 2.45) is 0 Å². The standard InChI is InChI=1S/C25H23Cl3N2O7S2/c26-16-8-14(9-17(27)11-16)13-39(35,36)30(18-4-6-29-7-5-18)19-3-1-2-15(10-19)23-21(28)22(37-12-20(31)32)24(38-23)25(33)34/h1-3,8-11,18,29H,4-7,12-13H2,(H,31,32)(H,33,34). The third kappa shape index (κ3) is 6.97. The fraction of sp³-hybridized carbons (Fsp3) is 0.280. The van der Waals surface area contributed by atoms with Crippen molar-refractivity contribution in [2.45, 2.75) is 24.6 Å². The molecule has 0 unspecified atom stereocenters. The molecule has 0 amide bonds. The number of ether oxygens (including phenoxy) is 1. The summed E-state index contributed by atoms with van der Waals surface area (Å²) in [6.45, 7) is 0.510. The summed E-state index contributed by atoms with van der Waals surface area (Å²) in [4.78, 5) is 22.8. The van der Waals surface area contributed by atoms with Gasteiger partial charge in [-0.1, -0.05) is 46.9 Å². The smallest absolute Gasteiger partial charge is 0.349 e. The molecule has 2 heterocycles. The van der Waals surface area contributed by atoms with Gasteiger partial charge < -0.3 is 20.3 Å². The molecule has 2 aromatic carbocycles. The van der Waals surface area contributed by atoms with Crippen LogP contribution in [0.15, 0.2) is 42.5 Å². The van der Waals surface area contributed by atoms with Gasteiger partial charge in [-0.05, 0) is 67.4 Å². The van der Waals surface area contributed by atoms with Crippen LogP contribution in [0, 0.1) is 0 Å². The second-order valence-electron chi connectivity index (χ2n) is 8.75. The second kappa shape index (κ2) is 12.3. The minimum atomic E-state index is -3.93. The first-order chi connectivity index (χ1) is 18.5. The van der Waals surface area contributed by atoms with Gasteiger partial charge in [0.25, 0.3) is 0 Å². The lowest BCUT2D eigenvalue weighted by Crippen LogP contribution is -2.46. The highest BCUT2D eigenvalue weighted by molar-refractivity contribution is 7.92. The van der Waals surface area contributed by atoms with E-state index in [-0.39, 0.29) is 27.4 Å². The minimum Gasteiger partial charge on any atom is -0.479 e. The van der Waals surface area contributed by atoms with Gasteiger partial charge in [0, 0.05) is 16.1 Å². The number of nitrogens with one attached hydrogen (secondary N) is 1. The first-order valence-electron chi connectivity index (χ1n) is 11.6. The summed E-state index contributed by atoms with van der Waals surface area (Å²) < 4.78 is 34.3. The Kier molecular flexibility index (Phi) is 9.30. The summed E-state index contributed by atoms with van der Waals surface area (Å²) in [5.41, 5.74) is 1.27. The Hall–Kier alpha value is -2.54. The van der Waals surface area contributed by atoms with E-state index < -0.39 is 28.6 Å². The first-order valence-corrected chi connectivity index (χ1v) is 15.2. The van der Waals surface area contributed by atoms with Gasteiger partial charge >= 0.3 is 11.9 Å². The number of nitrogens with zero attached hydrogens (tertiary/aromatic N) is 1. The topological polar surface area (TPSA) is 133 Å². The Bertz CT molecular complexity index is 1490. The normalized spacial score (nSPS) is 14.2. The van der Waals surface area contributed by atoms with Crippen LogP contribution in [0.4, 0.5) is 5.69 Å². The predicted octanol–water partition coefficient (Wildman–Crippen LogP) is 5.63. The third-order valence-corrected chi connectivity index (χ3v) is 9.84. The van der Waals surface area contributed by atoms with Gasteiger partial charge in [-0.25, -0.2) is 18.0 Å². The maximum atomic E-state index is 13.9. The van der Waals surface area contributed by atoms with Gasteiger partial charge in [0.2, 0.25) is 10.0 Å². The van der Waals surface area contributed by atoms with E-state index in [9.17, 15) is 23.1 Å². The molecule has 1 aliphatic heterocycles. The number of hydrogen-bond acceptors (Lipinski definition) is 7. The van der Waals surface area contributed by atoms with Crippen molar-refractivity contribution < 1.29 is 33.0 Å². The fourth-order valence-corrected chi connectivity index (χ4v) is 8.18.